The van der Waals surface area contributed by atoms with Crippen molar-refractivity contribution in [2.45, 2.75) is 52.0 Å². The first-order valence-electron chi connectivity index (χ1n) is 6.47. The zero-order valence-corrected chi connectivity index (χ0v) is 12.1. The van der Waals surface area contributed by atoms with Gasteiger partial charge in [0.15, 0.2) is 0 Å². The Balaban J connectivity index is 1.97. The first-order valence-corrected chi connectivity index (χ1v) is 7.26. The van der Waals surface area contributed by atoms with E-state index in [9.17, 15) is 0 Å². The smallest absolute Gasteiger partial charge is 0.132 e. The maximum atomic E-state index is 4.54. The van der Waals surface area contributed by atoms with Gasteiger partial charge in [-0.05, 0) is 41.6 Å². The van der Waals surface area contributed by atoms with Gasteiger partial charge >= 0.3 is 0 Å². The van der Waals surface area contributed by atoms with Crippen LogP contribution in [0.5, 0.6) is 0 Å². The van der Waals surface area contributed by atoms with Gasteiger partial charge in [0.2, 0.25) is 0 Å². The van der Waals surface area contributed by atoms with E-state index in [1.54, 1.807) is 0 Å². The van der Waals surface area contributed by atoms with E-state index >= 15 is 0 Å². The summed E-state index contributed by atoms with van der Waals surface area (Å²) in [6.07, 6.45) is 6.07. The predicted molar refractivity (Wildman–Crippen MR) is 74.2 cm³/mol. The molecule has 0 radical (unpaired) electrons. The van der Waals surface area contributed by atoms with Gasteiger partial charge in [0.1, 0.15) is 16.2 Å². The van der Waals surface area contributed by atoms with Crippen LogP contribution >= 0.6 is 15.9 Å². The summed E-state index contributed by atoms with van der Waals surface area (Å²) in [5.74, 6) is 2.81. The Morgan fingerprint density at radius 1 is 1.47 bits per heavy atom. The van der Waals surface area contributed by atoms with Gasteiger partial charge in [-0.15, -0.1) is 0 Å². The molecule has 2 rings (SSSR count). The Bertz CT molecular complexity index is 377. The second kappa shape index (κ2) is 5.80. The van der Waals surface area contributed by atoms with Crippen molar-refractivity contribution in [3.63, 3.8) is 0 Å². The van der Waals surface area contributed by atoms with Crippen LogP contribution in [0.25, 0.3) is 0 Å². The van der Waals surface area contributed by atoms with Crippen LogP contribution < -0.4 is 5.32 Å². The second-order valence-electron chi connectivity index (χ2n) is 4.97. The average molecular weight is 298 g/mol. The molecule has 0 aliphatic heterocycles. The molecule has 1 atom stereocenters. The highest BCUT2D eigenvalue weighted by molar-refractivity contribution is 9.10. The number of hydrogen-bond acceptors (Lipinski definition) is 3. The van der Waals surface area contributed by atoms with E-state index in [1.165, 1.54) is 19.3 Å². The number of halogens is 1. The third kappa shape index (κ3) is 4.26. The minimum atomic E-state index is 0.499. The summed E-state index contributed by atoms with van der Waals surface area (Å²) in [6.45, 7) is 4.38. The highest BCUT2D eigenvalue weighted by Crippen LogP contribution is 2.34. The van der Waals surface area contributed by atoms with Crippen molar-refractivity contribution in [2.24, 2.45) is 5.92 Å². The third-order valence-electron chi connectivity index (χ3n) is 2.99. The third-order valence-corrected chi connectivity index (χ3v) is 3.40. The molecule has 1 heterocycles. The number of rotatable bonds is 6. The molecule has 94 valence electrons. The monoisotopic (exact) mass is 297 g/mol. The lowest BCUT2D eigenvalue weighted by Crippen LogP contribution is -2.17. The Morgan fingerprint density at radius 3 is 2.88 bits per heavy atom. The molecule has 0 spiro atoms. The van der Waals surface area contributed by atoms with Gasteiger partial charge in [-0.3, -0.25) is 0 Å². The fourth-order valence-corrected chi connectivity index (χ4v) is 2.46. The minimum Gasteiger partial charge on any atom is -0.367 e. The first-order chi connectivity index (χ1) is 8.17. The molecule has 0 saturated heterocycles. The average Bonchev–Trinajstić information content (AvgIpc) is 3.00. The molecule has 1 aromatic rings. The zero-order valence-electron chi connectivity index (χ0n) is 10.5. The number of anilines is 1. The fraction of sp³-hybridized carbons (Fsp3) is 0.692. The molecule has 0 aromatic carbocycles. The standard InChI is InChI=1S/C13H20BrN3/c1-3-4-12-16-11(14)8-13(17-12)15-9(2)7-10-5-6-10/h8-10H,3-7H2,1-2H3,(H,15,16,17). The minimum absolute atomic E-state index is 0.499. The molecular weight excluding hydrogens is 278 g/mol. The maximum absolute atomic E-state index is 4.54. The van der Waals surface area contributed by atoms with Crippen LogP contribution in [0.3, 0.4) is 0 Å². The fourth-order valence-electron chi connectivity index (χ4n) is 2.04. The largest absolute Gasteiger partial charge is 0.367 e. The van der Waals surface area contributed by atoms with E-state index in [4.69, 9.17) is 0 Å². The van der Waals surface area contributed by atoms with E-state index in [1.807, 2.05) is 6.07 Å². The van der Waals surface area contributed by atoms with Crippen molar-refractivity contribution in [3.8, 4) is 0 Å². The van der Waals surface area contributed by atoms with Crippen molar-refractivity contribution >= 4 is 21.7 Å². The molecule has 1 unspecified atom stereocenters. The molecule has 4 heteroatoms. The zero-order chi connectivity index (χ0) is 12.3. The molecule has 17 heavy (non-hydrogen) atoms. The summed E-state index contributed by atoms with van der Waals surface area (Å²) in [5.41, 5.74) is 0. The van der Waals surface area contributed by atoms with Gasteiger partial charge in [0.25, 0.3) is 0 Å². The first kappa shape index (κ1) is 12.8. The normalized spacial score (nSPS) is 16.9. The van der Waals surface area contributed by atoms with E-state index in [2.05, 4.69) is 45.1 Å². The number of nitrogens with zero attached hydrogens (tertiary/aromatic N) is 2. The lowest BCUT2D eigenvalue weighted by molar-refractivity contribution is 0.639. The lowest BCUT2D eigenvalue weighted by Gasteiger charge is -2.14. The predicted octanol–water partition coefficient (Wildman–Crippen LogP) is 3.79. The van der Waals surface area contributed by atoms with Gasteiger partial charge in [-0.2, -0.15) is 0 Å². The van der Waals surface area contributed by atoms with Crippen LogP contribution in [0.15, 0.2) is 10.7 Å². The molecule has 1 fully saturated rings. The molecular formula is C13H20BrN3. The van der Waals surface area contributed by atoms with E-state index in [-0.39, 0.29) is 0 Å². The Hall–Kier alpha value is -0.640. The van der Waals surface area contributed by atoms with Crippen molar-refractivity contribution in [1.82, 2.24) is 9.97 Å². The van der Waals surface area contributed by atoms with Gasteiger partial charge in [-0.1, -0.05) is 19.8 Å². The van der Waals surface area contributed by atoms with Crippen LogP contribution in [-0.4, -0.2) is 16.0 Å². The van der Waals surface area contributed by atoms with Crippen LogP contribution in [-0.2, 0) is 6.42 Å². The van der Waals surface area contributed by atoms with Crippen LogP contribution in [0.4, 0.5) is 5.82 Å². The number of nitrogens with one attached hydrogen (secondary N) is 1. The molecule has 1 saturated carbocycles. The molecule has 1 aromatic heterocycles. The van der Waals surface area contributed by atoms with Gasteiger partial charge in [0, 0.05) is 18.5 Å². The highest BCUT2D eigenvalue weighted by Gasteiger charge is 2.23. The van der Waals surface area contributed by atoms with E-state index in [0.717, 1.165) is 35.0 Å². The van der Waals surface area contributed by atoms with Gasteiger partial charge < -0.3 is 5.32 Å². The molecule has 0 bridgehead atoms. The van der Waals surface area contributed by atoms with Gasteiger partial charge in [-0.25, -0.2) is 9.97 Å². The Morgan fingerprint density at radius 2 is 2.24 bits per heavy atom. The summed E-state index contributed by atoms with van der Waals surface area (Å²) >= 11 is 3.45. The SMILES string of the molecule is CCCc1nc(Br)cc(NC(C)CC2CC2)n1. The van der Waals surface area contributed by atoms with Crippen LogP contribution in [0.1, 0.15) is 45.4 Å². The summed E-state index contributed by atoms with van der Waals surface area (Å²) in [4.78, 5) is 8.91. The Kier molecular flexibility index (Phi) is 4.37. The summed E-state index contributed by atoms with van der Waals surface area (Å²) in [5, 5.41) is 3.47. The lowest BCUT2D eigenvalue weighted by atomic mass is 10.1. The van der Waals surface area contributed by atoms with Crippen LogP contribution in [0.2, 0.25) is 0 Å². The summed E-state index contributed by atoms with van der Waals surface area (Å²) < 4.78 is 0.872. The van der Waals surface area contributed by atoms with Gasteiger partial charge in [0.05, 0.1) is 0 Å². The summed E-state index contributed by atoms with van der Waals surface area (Å²) in [7, 11) is 0. The van der Waals surface area contributed by atoms with Crippen molar-refractivity contribution in [2.75, 3.05) is 5.32 Å². The number of hydrogen-bond donors (Lipinski definition) is 1. The number of aromatic nitrogens is 2. The summed E-state index contributed by atoms with van der Waals surface area (Å²) in [6, 6.07) is 2.46. The molecule has 0 amide bonds. The van der Waals surface area contributed by atoms with E-state index in [0.29, 0.717) is 6.04 Å². The molecule has 1 aliphatic carbocycles. The second-order valence-corrected chi connectivity index (χ2v) is 5.78. The topological polar surface area (TPSA) is 37.8 Å². The number of aryl methyl sites for hydroxylation is 1. The van der Waals surface area contributed by atoms with Crippen molar-refractivity contribution in [1.29, 1.82) is 0 Å². The Labute approximate surface area is 112 Å². The van der Waals surface area contributed by atoms with E-state index < -0.39 is 0 Å². The maximum Gasteiger partial charge on any atom is 0.132 e. The molecule has 3 nitrogen and oxygen atoms in total. The van der Waals surface area contributed by atoms with Crippen LogP contribution in [0, 0.1) is 5.92 Å². The van der Waals surface area contributed by atoms with Crippen molar-refractivity contribution in [3.05, 3.63) is 16.5 Å². The molecule has 1 aliphatic rings. The highest BCUT2D eigenvalue weighted by atomic mass is 79.9. The quantitative estimate of drug-likeness (QED) is 0.812. The molecule has 1 N–H and O–H groups in total. The van der Waals surface area contributed by atoms with Crippen molar-refractivity contribution < 1.29 is 0 Å².